The lowest BCUT2D eigenvalue weighted by Gasteiger charge is -2.23. The molecule has 70 valence electrons. The van der Waals surface area contributed by atoms with Gasteiger partial charge in [0.2, 0.25) is 0 Å². The van der Waals surface area contributed by atoms with Crippen LogP contribution in [0.2, 0.25) is 0 Å². The van der Waals surface area contributed by atoms with E-state index in [1.807, 2.05) is 13.8 Å². The number of hydrogen-bond acceptors (Lipinski definition) is 0. The maximum absolute atomic E-state index is 2.00. The molecule has 4 atom stereocenters. The minimum absolute atomic E-state index is 1.19. The Hall–Kier alpha value is 0. The Morgan fingerprint density at radius 2 is 1.25 bits per heavy atom. The van der Waals surface area contributed by atoms with Crippen LogP contribution in [-0.4, -0.2) is 0 Å². The fourth-order valence-corrected chi connectivity index (χ4v) is 4.02. The molecule has 0 nitrogen and oxygen atoms in total. The van der Waals surface area contributed by atoms with Crippen molar-refractivity contribution in [3.8, 4) is 0 Å². The fourth-order valence-electron chi connectivity index (χ4n) is 4.02. The average molecular weight is 166 g/mol. The predicted octanol–water partition coefficient (Wildman–Crippen LogP) is 3.86. The van der Waals surface area contributed by atoms with Crippen LogP contribution in [0, 0.1) is 23.7 Å². The molecular weight excluding hydrogens is 144 g/mol. The van der Waals surface area contributed by atoms with E-state index in [2.05, 4.69) is 0 Å². The van der Waals surface area contributed by atoms with Crippen molar-refractivity contribution >= 4 is 0 Å². The lowest BCUT2D eigenvalue weighted by molar-refractivity contribution is 0.259. The first-order valence-electron chi connectivity index (χ1n) is 5.95. The molecule has 3 fully saturated rings. The van der Waals surface area contributed by atoms with E-state index in [4.69, 9.17) is 0 Å². The van der Waals surface area contributed by atoms with E-state index in [1.165, 1.54) is 23.7 Å². The van der Waals surface area contributed by atoms with E-state index in [0.29, 0.717) is 0 Å². The summed E-state index contributed by atoms with van der Waals surface area (Å²) in [6.45, 7) is 4.00. The van der Waals surface area contributed by atoms with Crippen molar-refractivity contribution in [3.05, 3.63) is 0 Å². The van der Waals surface area contributed by atoms with E-state index in [0.717, 1.165) is 0 Å². The minimum Gasteiger partial charge on any atom is -0.0683 e. The Balaban J connectivity index is 0.000000264. The zero-order valence-corrected chi connectivity index (χ0v) is 8.55. The summed E-state index contributed by atoms with van der Waals surface area (Å²) in [5.74, 6) is 4.80. The average Bonchev–Trinajstić information content (AvgIpc) is 2.81. The monoisotopic (exact) mass is 166 g/mol. The molecule has 3 saturated carbocycles. The van der Waals surface area contributed by atoms with E-state index in [-0.39, 0.29) is 0 Å². The highest BCUT2D eigenvalue weighted by Gasteiger charge is 2.48. The second-order valence-electron chi connectivity index (χ2n) is 4.59. The Morgan fingerprint density at radius 3 is 1.75 bits per heavy atom. The molecule has 0 aromatic heterocycles. The minimum atomic E-state index is 1.19. The van der Waals surface area contributed by atoms with Crippen LogP contribution in [0.15, 0.2) is 0 Å². The largest absolute Gasteiger partial charge is 0.0683 e. The van der Waals surface area contributed by atoms with Crippen LogP contribution in [0.1, 0.15) is 52.4 Å². The standard InChI is InChI=1S/C10H16.C2H6/c1-2-9-7-4-5-8(6-7)10(9)3-1;1-2/h7-10H,1-6H2;1-2H3. The summed E-state index contributed by atoms with van der Waals surface area (Å²) in [7, 11) is 0. The molecule has 3 aliphatic rings. The van der Waals surface area contributed by atoms with Gasteiger partial charge in [0.15, 0.2) is 0 Å². The zero-order chi connectivity index (χ0) is 8.55. The molecule has 0 aliphatic heterocycles. The van der Waals surface area contributed by atoms with Gasteiger partial charge >= 0.3 is 0 Å². The number of fused-ring (bicyclic) bond motifs is 5. The van der Waals surface area contributed by atoms with Crippen LogP contribution in [0.5, 0.6) is 0 Å². The fraction of sp³-hybridized carbons (Fsp3) is 1.00. The quantitative estimate of drug-likeness (QED) is 0.512. The maximum Gasteiger partial charge on any atom is -0.0355 e. The molecule has 0 saturated heterocycles. The summed E-state index contributed by atoms with van der Waals surface area (Å²) in [6.07, 6.45) is 9.53. The van der Waals surface area contributed by atoms with Gasteiger partial charge in [0.05, 0.1) is 0 Å². The predicted molar refractivity (Wildman–Crippen MR) is 53.0 cm³/mol. The van der Waals surface area contributed by atoms with E-state index in [9.17, 15) is 0 Å². The van der Waals surface area contributed by atoms with Gasteiger partial charge in [0.1, 0.15) is 0 Å². The topological polar surface area (TPSA) is 0 Å². The van der Waals surface area contributed by atoms with Crippen molar-refractivity contribution in [3.63, 3.8) is 0 Å². The van der Waals surface area contributed by atoms with Crippen molar-refractivity contribution in [2.24, 2.45) is 23.7 Å². The van der Waals surface area contributed by atoms with Gasteiger partial charge in [-0.15, -0.1) is 0 Å². The molecule has 0 spiro atoms. The van der Waals surface area contributed by atoms with Crippen LogP contribution in [-0.2, 0) is 0 Å². The number of hydrogen-bond donors (Lipinski definition) is 0. The van der Waals surface area contributed by atoms with Crippen LogP contribution in [0.4, 0.5) is 0 Å². The van der Waals surface area contributed by atoms with Gasteiger partial charge in [-0.1, -0.05) is 20.3 Å². The molecule has 0 N–H and O–H groups in total. The highest BCUT2D eigenvalue weighted by atomic mass is 14.5. The second kappa shape index (κ2) is 3.40. The third-order valence-electron chi connectivity index (χ3n) is 4.35. The van der Waals surface area contributed by atoms with Gasteiger partial charge in [0, 0.05) is 0 Å². The molecule has 3 rings (SSSR count). The molecule has 4 unspecified atom stereocenters. The molecule has 0 amide bonds. The third-order valence-corrected chi connectivity index (χ3v) is 4.35. The van der Waals surface area contributed by atoms with Crippen LogP contribution >= 0.6 is 0 Å². The van der Waals surface area contributed by atoms with Crippen molar-refractivity contribution in [1.82, 2.24) is 0 Å². The van der Waals surface area contributed by atoms with Gasteiger partial charge in [-0.2, -0.15) is 0 Å². The summed E-state index contributed by atoms with van der Waals surface area (Å²) in [5, 5.41) is 0. The first-order valence-corrected chi connectivity index (χ1v) is 5.95. The summed E-state index contributed by atoms with van der Waals surface area (Å²) in [5.41, 5.74) is 0. The highest BCUT2D eigenvalue weighted by molar-refractivity contribution is 4.98. The summed E-state index contributed by atoms with van der Waals surface area (Å²) >= 11 is 0. The molecule has 2 bridgehead atoms. The Kier molecular flexibility index (Phi) is 2.43. The molecule has 0 radical (unpaired) electrons. The van der Waals surface area contributed by atoms with E-state index < -0.39 is 0 Å². The Morgan fingerprint density at radius 1 is 0.750 bits per heavy atom. The zero-order valence-electron chi connectivity index (χ0n) is 8.55. The summed E-state index contributed by atoms with van der Waals surface area (Å²) in [4.78, 5) is 0. The first kappa shape index (κ1) is 8.59. The lowest BCUT2D eigenvalue weighted by Crippen LogP contribution is -2.15. The van der Waals surface area contributed by atoms with Gasteiger partial charge in [-0.05, 0) is 55.8 Å². The van der Waals surface area contributed by atoms with Gasteiger partial charge in [-0.3, -0.25) is 0 Å². The molecule has 3 aliphatic carbocycles. The second-order valence-corrected chi connectivity index (χ2v) is 4.59. The molecule has 0 aromatic carbocycles. The van der Waals surface area contributed by atoms with Crippen LogP contribution < -0.4 is 0 Å². The van der Waals surface area contributed by atoms with Crippen molar-refractivity contribution in [2.75, 3.05) is 0 Å². The van der Waals surface area contributed by atoms with Gasteiger partial charge < -0.3 is 0 Å². The Labute approximate surface area is 76.7 Å². The van der Waals surface area contributed by atoms with Crippen LogP contribution in [0.3, 0.4) is 0 Å². The summed E-state index contributed by atoms with van der Waals surface area (Å²) in [6, 6.07) is 0. The molecule has 12 heavy (non-hydrogen) atoms. The smallest absolute Gasteiger partial charge is 0.0355 e. The van der Waals surface area contributed by atoms with Crippen molar-refractivity contribution in [1.29, 1.82) is 0 Å². The molecule has 0 heteroatoms. The normalized spacial score (nSPS) is 48.5. The molecule has 0 heterocycles. The third kappa shape index (κ3) is 1.11. The van der Waals surface area contributed by atoms with E-state index in [1.54, 1.807) is 38.5 Å². The Bertz CT molecular complexity index is 134. The number of rotatable bonds is 0. The first-order chi connectivity index (χ1) is 5.95. The molecule has 0 aromatic rings. The van der Waals surface area contributed by atoms with Gasteiger partial charge in [-0.25, -0.2) is 0 Å². The lowest BCUT2D eigenvalue weighted by atomic mass is 9.82. The maximum atomic E-state index is 2.00. The summed E-state index contributed by atoms with van der Waals surface area (Å²) < 4.78 is 0. The van der Waals surface area contributed by atoms with Crippen molar-refractivity contribution < 1.29 is 0 Å². The van der Waals surface area contributed by atoms with E-state index >= 15 is 0 Å². The van der Waals surface area contributed by atoms with Crippen LogP contribution in [0.25, 0.3) is 0 Å². The van der Waals surface area contributed by atoms with Crippen molar-refractivity contribution in [2.45, 2.75) is 52.4 Å². The highest BCUT2D eigenvalue weighted by Crippen LogP contribution is 2.58. The molecular formula is C12H22. The van der Waals surface area contributed by atoms with Gasteiger partial charge in [0.25, 0.3) is 0 Å². The SMILES string of the molecule is C1CC2C3CCC(C3)C2C1.CC.